The lowest BCUT2D eigenvalue weighted by Gasteiger charge is -2.06. The third kappa shape index (κ3) is 2.61. The van der Waals surface area contributed by atoms with E-state index >= 15 is 0 Å². The molecule has 0 aliphatic heterocycles. The Morgan fingerprint density at radius 3 is 1.88 bits per heavy atom. The molecule has 7 heteroatoms. The topological polar surface area (TPSA) is 21.6 Å². The highest BCUT2D eigenvalue weighted by molar-refractivity contribution is 5.69. The quantitative estimate of drug-likeness (QED) is 0.265. The normalized spacial score (nSPS) is 10.9. The second kappa shape index (κ2) is 5.42. The molecule has 0 fully saturated rings. The molecule has 1 aromatic rings. The maximum atomic E-state index is 13.0. The van der Waals surface area contributed by atoms with Crippen LogP contribution in [0.25, 0.3) is 0 Å². The molecule has 0 saturated heterocycles. The van der Waals surface area contributed by atoms with Crippen molar-refractivity contribution in [3.63, 3.8) is 0 Å². The molecule has 2 nitrogen and oxygen atoms in total. The molecule has 0 radical (unpaired) electrons. The fourth-order valence-corrected chi connectivity index (χ4v) is 0.965. The van der Waals surface area contributed by atoms with Gasteiger partial charge in [-0.05, 0) is 6.08 Å². The van der Waals surface area contributed by atoms with Gasteiger partial charge in [-0.15, -0.1) is 0 Å². The van der Waals surface area contributed by atoms with Crippen molar-refractivity contribution in [2.75, 3.05) is 0 Å². The van der Waals surface area contributed by atoms with Crippen LogP contribution >= 0.6 is 0 Å². The molecule has 0 heterocycles. The standard InChI is InChI=1S/C10H6F5NO/c1-2-3-16-17-4-5-6(11)8(13)10(15)9(14)7(5)12/h2-3H,1,4H2. The number of allylic oxidation sites excluding steroid dienone is 1. The van der Waals surface area contributed by atoms with Crippen molar-refractivity contribution in [1.29, 1.82) is 0 Å². The summed E-state index contributed by atoms with van der Waals surface area (Å²) in [6.07, 6.45) is 2.25. The molecule has 0 unspecified atom stereocenters. The highest BCUT2D eigenvalue weighted by atomic mass is 19.2. The van der Waals surface area contributed by atoms with Crippen LogP contribution in [0, 0.1) is 29.1 Å². The molecular formula is C10H6F5NO. The molecule has 0 atom stereocenters. The molecule has 1 aromatic carbocycles. The van der Waals surface area contributed by atoms with Crippen LogP contribution in [0.3, 0.4) is 0 Å². The van der Waals surface area contributed by atoms with Crippen LogP contribution in [0.4, 0.5) is 22.0 Å². The minimum Gasteiger partial charge on any atom is -0.391 e. The van der Waals surface area contributed by atoms with E-state index in [0.717, 1.165) is 6.21 Å². The number of hydrogen-bond donors (Lipinski definition) is 0. The SMILES string of the molecule is C=CC=NOCc1c(F)c(F)c(F)c(F)c1F. The zero-order chi connectivity index (χ0) is 13.0. The first-order valence-corrected chi connectivity index (χ1v) is 4.27. The Kier molecular flexibility index (Phi) is 4.19. The molecule has 1 rings (SSSR count). The maximum Gasteiger partial charge on any atom is 0.200 e. The molecule has 0 amide bonds. The summed E-state index contributed by atoms with van der Waals surface area (Å²) in [6.45, 7) is 2.35. The highest BCUT2D eigenvalue weighted by Crippen LogP contribution is 2.23. The van der Waals surface area contributed by atoms with Crippen molar-refractivity contribution < 1.29 is 26.8 Å². The van der Waals surface area contributed by atoms with E-state index in [1.165, 1.54) is 6.08 Å². The van der Waals surface area contributed by atoms with Gasteiger partial charge in [0.25, 0.3) is 0 Å². The van der Waals surface area contributed by atoms with E-state index in [-0.39, 0.29) is 0 Å². The van der Waals surface area contributed by atoms with Crippen molar-refractivity contribution in [2.45, 2.75) is 6.61 Å². The first-order valence-electron chi connectivity index (χ1n) is 4.27. The van der Waals surface area contributed by atoms with Gasteiger partial charge in [-0.25, -0.2) is 22.0 Å². The fourth-order valence-electron chi connectivity index (χ4n) is 0.965. The number of halogens is 5. The number of benzene rings is 1. The lowest BCUT2D eigenvalue weighted by Crippen LogP contribution is -2.07. The minimum atomic E-state index is -2.21. The number of nitrogens with zero attached hydrogens (tertiary/aromatic N) is 1. The Balaban J connectivity index is 3.07. The van der Waals surface area contributed by atoms with Crippen molar-refractivity contribution in [2.24, 2.45) is 5.16 Å². The van der Waals surface area contributed by atoms with Crippen molar-refractivity contribution in [3.05, 3.63) is 47.3 Å². The summed E-state index contributed by atoms with van der Waals surface area (Å²) in [6, 6.07) is 0. The van der Waals surface area contributed by atoms with E-state index in [1.54, 1.807) is 0 Å². The second-order valence-corrected chi connectivity index (χ2v) is 2.81. The van der Waals surface area contributed by atoms with Gasteiger partial charge in [-0.2, -0.15) is 0 Å². The zero-order valence-corrected chi connectivity index (χ0v) is 8.31. The first kappa shape index (κ1) is 13.1. The van der Waals surface area contributed by atoms with Crippen LogP contribution in [0.1, 0.15) is 5.56 Å². The summed E-state index contributed by atoms with van der Waals surface area (Å²) in [4.78, 5) is 4.33. The predicted octanol–water partition coefficient (Wildman–Crippen LogP) is 3.07. The summed E-state index contributed by atoms with van der Waals surface area (Å²) in [5.74, 6) is -10.1. The van der Waals surface area contributed by atoms with E-state index in [0.29, 0.717) is 0 Å². The van der Waals surface area contributed by atoms with Crippen LogP contribution in [-0.4, -0.2) is 6.21 Å². The Labute approximate surface area is 93.0 Å². The van der Waals surface area contributed by atoms with Gasteiger partial charge in [0, 0.05) is 0 Å². The van der Waals surface area contributed by atoms with Gasteiger partial charge in [-0.1, -0.05) is 11.7 Å². The monoisotopic (exact) mass is 251 g/mol. The van der Waals surface area contributed by atoms with Crippen LogP contribution in [-0.2, 0) is 11.4 Å². The van der Waals surface area contributed by atoms with Gasteiger partial charge in [-0.3, -0.25) is 0 Å². The lowest BCUT2D eigenvalue weighted by atomic mass is 10.2. The van der Waals surface area contributed by atoms with Crippen molar-refractivity contribution >= 4 is 6.21 Å². The zero-order valence-electron chi connectivity index (χ0n) is 8.31. The maximum absolute atomic E-state index is 13.0. The first-order chi connectivity index (χ1) is 8.00. The summed E-state index contributed by atoms with van der Waals surface area (Å²) in [5.41, 5.74) is -1.08. The molecule has 0 N–H and O–H groups in total. The highest BCUT2D eigenvalue weighted by Gasteiger charge is 2.25. The lowest BCUT2D eigenvalue weighted by molar-refractivity contribution is 0.124. The molecule has 92 valence electrons. The Morgan fingerprint density at radius 1 is 0.941 bits per heavy atom. The van der Waals surface area contributed by atoms with Gasteiger partial charge in [0.1, 0.15) is 6.61 Å². The van der Waals surface area contributed by atoms with E-state index in [9.17, 15) is 22.0 Å². The summed E-state index contributed by atoms with van der Waals surface area (Å²) >= 11 is 0. The molecular weight excluding hydrogens is 245 g/mol. The van der Waals surface area contributed by atoms with Crippen LogP contribution in [0.2, 0.25) is 0 Å². The molecule has 0 aliphatic rings. The molecule has 0 bridgehead atoms. The van der Waals surface area contributed by atoms with Gasteiger partial charge < -0.3 is 4.84 Å². The predicted molar refractivity (Wildman–Crippen MR) is 49.7 cm³/mol. The summed E-state index contributed by atoms with van der Waals surface area (Å²) in [5, 5.41) is 3.13. The Bertz CT molecular complexity index is 443. The smallest absolute Gasteiger partial charge is 0.200 e. The van der Waals surface area contributed by atoms with E-state index in [4.69, 9.17) is 0 Å². The molecule has 0 aromatic heterocycles. The molecule has 0 spiro atoms. The second-order valence-electron chi connectivity index (χ2n) is 2.81. The fraction of sp³-hybridized carbons (Fsp3) is 0.100. The Hall–Kier alpha value is -1.92. The Morgan fingerprint density at radius 2 is 1.41 bits per heavy atom. The number of hydrogen-bond acceptors (Lipinski definition) is 2. The average molecular weight is 251 g/mol. The summed E-state index contributed by atoms with van der Waals surface area (Å²) in [7, 11) is 0. The molecule has 17 heavy (non-hydrogen) atoms. The van der Waals surface area contributed by atoms with Gasteiger partial charge in [0.15, 0.2) is 23.3 Å². The number of oxime groups is 1. The molecule has 0 aliphatic carbocycles. The number of rotatable bonds is 4. The van der Waals surface area contributed by atoms with Gasteiger partial charge in [0.05, 0.1) is 11.8 Å². The van der Waals surface area contributed by atoms with E-state index in [1.807, 2.05) is 0 Å². The van der Waals surface area contributed by atoms with Crippen molar-refractivity contribution in [3.8, 4) is 0 Å². The summed E-state index contributed by atoms with van der Waals surface area (Å²) < 4.78 is 64.1. The van der Waals surface area contributed by atoms with E-state index < -0.39 is 41.3 Å². The van der Waals surface area contributed by atoms with Crippen LogP contribution in [0.15, 0.2) is 17.8 Å². The van der Waals surface area contributed by atoms with E-state index in [2.05, 4.69) is 16.6 Å². The van der Waals surface area contributed by atoms with Crippen LogP contribution < -0.4 is 0 Å². The molecule has 0 saturated carbocycles. The largest absolute Gasteiger partial charge is 0.391 e. The van der Waals surface area contributed by atoms with Crippen LogP contribution in [0.5, 0.6) is 0 Å². The minimum absolute atomic E-state index is 0.879. The third-order valence-electron chi connectivity index (χ3n) is 1.75. The third-order valence-corrected chi connectivity index (χ3v) is 1.75. The van der Waals surface area contributed by atoms with Gasteiger partial charge in [0.2, 0.25) is 5.82 Å². The van der Waals surface area contributed by atoms with Crippen molar-refractivity contribution in [1.82, 2.24) is 0 Å². The average Bonchev–Trinajstić information content (AvgIpc) is 2.33. The van der Waals surface area contributed by atoms with Gasteiger partial charge >= 0.3 is 0 Å².